The number of benzene rings is 3. The SMILES string of the molecule is CCCCOc1ccc(-c2cc(-c3ccc(C)cc3)c(C(=O)Nc3ccc(C)cc3)c(=O)[nH]2)c(C(F)(F)F)c1. The highest BCUT2D eigenvalue weighted by Crippen LogP contribution is 2.39. The van der Waals surface area contributed by atoms with Gasteiger partial charge in [0.15, 0.2) is 0 Å². The van der Waals surface area contributed by atoms with E-state index in [-0.39, 0.29) is 28.1 Å². The van der Waals surface area contributed by atoms with E-state index < -0.39 is 23.2 Å². The molecule has 0 aliphatic rings. The lowest BCUT2D eigenvalue weighted by Crippen LogP contribution is -2.25. The number of halogens is 3. The second-order valence-electron chi connectivity index (χ2n) is 9.39. The van der Waals surface area contributed by atoms with Crippen LogP contribution in [0, 0.1) is 13.8 Å². The molecule has 2 N–H and O–H groups in total. The number of nitrogens with one attached hydrogen (secondary N) is 2. The second-order valence-corrected chi connectivity index (χ2v) is 9.39. The molecule has 0 atom stereocenters. The summed E-state index contributed by atoms with van der Waals surface area (Å²) < 4.78 is 47.9. The van der Waals surface area contributed by atoms with Crippen LogP contribution in [0.15, 0.2) is 77.6 Å². The van der Waals surface area contributed by atoms with Crippen molar-refractivity contribution in [3.05, 3.63) is 105 Å². The quantitative estimate of drug-likeness (QED) is 0.227. The molecule has 0 saturated carbocycles. The van der Waals surface area contributed by atoms with Gasteiger partial charge < -0.3 is 15.0 Å². The Hall–Kier alpha value is -4.33. The Bertz CT molecular complexity index is 1520. The molecule has 1 aromatic heterocycles. The fourth-order valence-corrected chi connectivity index (χ4v) is 4.14. The summed E-state index contributed by atoms with van der Waals surface area (Å²) in [5, 5.41) is 2.72. The van der Waals surface area contributed by atoms with Crippen molar-refractivity contribution < 1.29 is 22.7 Å². The molecule has 1 heterocycles. The Labute approximate surface area is 224 Å². The number of hydrogen-bond acceptors (Lipinski definition) is 3. The van der Waals surface area contributed by atoms with E-state index in [4.69, 9.17) is 4.74 Å². The number of rotatable bonds is 8. The maximum absolute atomic E-state index is 14.1. The smallest absolute Gasteiger partial charge is 0.417 e. The van der Waals surface area contributed by atoms with Crippen LogP contribution >= 0.6 is 0 Å². The Morgan fingerprint density at radius 3 is 2.15 bits per heavy atom. The van der Waals surface area contributed by atoms with Crippen molar-refractivity contribution in [2.45, 2.75) is 39.8 Å². The number of ether oxygens (including phenoxy) is 1. The van der Waals surface area contributed by atoms with Gasteiger partial charge in [0, 0.05) is 22.5 Å². The molecule has 4 aromatic rings. The van der Waals surface area contributed by atoms with E-state index in [1.165, 1.54) is 18.2 Å². The minimum absolute atomic E-state index is 0.0603. The molecule has 0 aliphatic heterocycles. The maximum Gasteiger partial charge on any atom is 0.417 e. The van der Waals surface area contributed by atoms with Gasteiger partial charge in [0.05, 0.1) is 12.2 Å². The highest BCUT2D eigenvalue weighted by molar-refractivity contribution is 6.08. The van der Waals surface area contributed by atoms with Gasteiger partial charge in [-0.3, -0.25) is 9.59 Å². The fraction of sp³-hybridized carbons (Fsp3) is 0.226. The topological polar surface area (TPSA) is 71.2 Å². The number of alkyl halides is 3. The van der Waals surface area contributed by atoms with Crippen molar-refractivity contribution in [1.29, 1.82) is 0 Å². The summed E-state index contributed by atoms with van der Waals surface area (Å²) >= 11 is 0. The second kappa shape index (κ2) is 11.6. The third kappa shape index (κ3) is 6.57. The number of carbonyl (C=O) groups is 1. The summed E-state index contributed by atoms with van der Waals surface area (Å²) in [4.78, 5) is 29.2. The summed E-state index contributed by atoms with van der Waals surface area (Å²) in [6, 6.07) is 19.2. The van der Waals surface area contributed by atoms with Crippen LogP contribution in [0.25, 0.3) is 22.4 Å². The molecule has 1 amide bonds. The van der Waals surface area contributed by atoms with Crippen LogP contribution in [0.3, 0.4) is 0 Å². The lowest BCUT2D eigenvalue weighted by atomic mass is 9.95. The van der Waals surface area contributed by atoms with Gasteiger partial charge in [0.25, 0.3) is 11.5 Å². The van der Waals surface area contributed by atoms with Crippen molar-refractivity contribution in [3.8, 4) is 28.1 Å². The summed E-state index contributed by atoms with van der Waals surface area (Å²) in [5.74, 6) is -0.576. The summed E-state index contributed by atoms with van der Waals surface area (Å²) in [5.41, 5.74) is 0.951. The Morgan fingerprint density at radius 2 is 1.54 bits per heavy atom. The van der Waals surface area contributed by atoms with Gasteiger partial charge in [-0.2, -0.15) is 13.2 Å². The van der Waals surface area contributed by atoms with Crippen LogP contribution in [0.1, 0.15) is 46.8 Å². The summed E-state index contributed by atoms with van der Waals surface area (Å²) in [6.45, 7) is 6.05. The van der Waals surface area contributed by atoms with Crippen molar-refractivity contribution in [2.24, 2.45) is 0 Å². The van der Waals surface area contributed by atoms with Gasteiger partial charge in [-0.25, -0.2) is 0 Å². The Balaban J connectivity index is 1.85. The van der Waals surface area contributed by atoms with Gasteiger partial charge >= 0.3 is 6.18 Å². The van der Waals surface area contributed by atoms with E-state index >= 15 is 0 Å². The van der Waals surface area contributed by atoms with Crippen LogP contribution in [0.4, 0.5) is 18.9 Å². The number of aryl methyl sites for hydroxylation is 2. The van der Waals surface area contributed by atoms with Crippen molar-refractivity contribution in [1.82, 2.24) is 4.98 Å². The first kappa shape index (κ1) is 27.7. The molecule has 39 heavy (non-hydrogen) atoms. The normalized spacial score (nSPS) is 11.3. The van der Waals surface area contributed by atoms with E-state index in [1.54, 1.807) is 36.4 Å². The number of anilines is 1. The molecule has 5 nitrogen and oxygen atoms in total. The third-order valence-electron chi connectivity index (χ3n) is 6.29. The van der Waals surface area contributed by atoms with Gasteiger partial charge in [0.1, 0.15) is 11.3 Å². The number of hydrogen-bond donors (Lipinski definition) is 2. The molecule has 8 heteroatoms. The first-order valence-corrected chi connectivity index (χ1v) is 12.6. The minimum Gasteiger partial charge on any atom is -0.494 e. The van der Waals surface area contributed by atoms with Gasteiger partial charge in [-0.05, 0) is 62.2 Å². The predicted molar refractivity (Wildman–Crippen MR) is 147 cm³/mol. The highest BCUT2D eigenvalue weighted by atomic mass is 19.4. The average molecular weight is 535 g/mol. The molecular weight excluding hydrogens is 505 g/mol. The maximum atomic E-state index is 14.1. The first-order chi connectivity index (χ1) is 18.6. The van der Waals surface area contributed by atoms with E-state index in [1.807, 2.05) is 32.9 Å². The van der Waals surface area contributed by atoms with Crippen molar-refractivity contribution >= 4 is 11.6 Å². The molecule has 3 aromatic carbocycles. The molecule has 0 spiro atoms. The molecular formula is C31H29F3N2O3. The number of unbranched alkanes of at least 4 members (excludes halogenated alkanes) is 1. The monoisotopic (exact) mass is 534 g/mol. The fourth-order valence-electron chi connectivity index (χ4n) is 4.14. The number of carbonyl (C=O) groups excluding carboxylic acids is 1. The van der Waals surface area contributed by atoms with Gasteiger partial charge in [-0.15, -0.1) is 0 Å². The number of aromatic amines is 1. The lowest BCUT2D eigenvalue weighted by molar-refractivity contribution is -0.137. The van der Waals surface area contributed by atoms with Gasteiger partial charge in [-0.1, -0.05) is 60.9 Å². The zero-order chi connectivity index (χ0) is 28.2. The van der Waals surface area contributed by atoms with Crippen LogP contribution in [-0.4, -0.2) is 17.5 Å². The number of H-pyrrole nitrogens is 1. The van der Waals surface area contributed by atoms with Crippen molar-refractivity contribution in [3.63, 3.8) is 0 Å². The Kier molecular flexibility index (Phi) is 8.24. The molecule has 0 saturated heterocycles. The largest absolute Gasteiger partial charge is 0.494 e. The molecule has 0 bridgehead atoms. The van der Waals surface area contributed by atoms with E-state index in [2.05, 4.69) is 10.3 Å². The van der Waals surface area contributed by atoms with Crippen LogP contribution in [0.2, 0.25) is 0 Å². The molecule has 4 rings (SSSR count). The third-order valence-corrected chi connectivity index (χ3v) is 6.29. The lowest BCUT2D eigenvalue weighted by Gasteiger charge is -2.17. The van der Waals surface area contributed by atoms with E-state index in [0.717, 1.165) is 23.6 Å². The van der Waals surface area contributed by atoms with Crippen LogP contribution < -0.4 is 15.6 Å². The predicted octanol–water partition coefficient (Wildman–Crippen LogP) is 7.78. The average Bonchev–Trinajstić information content (AvgIpc) is 2.89. The zero-order valence-electron chi connectivity index (χ0n) is 21.9. The van der Waals surface area contributed by atoms with E-state index in [9.17, 15) is 22.8 Å². The molecule has 0 radical (unpaired) electrons. The summed E-state index contributed by atoms with van der Waals surface area (Å²) in [7, 11) is 0. The minimum atomic E-state index is -4.71. The van der Waals surface area contributed by atoms with Crippen molar-refractivity contribution in [2.75, 3.05) is 11.9 Å². The standard InChI is InChI=1S/C31H29F3N2O3/c1-4-5-16-39-23-14-15-24(26(17-23)31(32,33)34)27-18-25(21-10-6-19(2)7-11-21)28(30(38)36-27)29(37)35-22-12-8-20(3)9-13-22/h6-15,17-18H,4-5,16H2,1-3H3,(H,35,37)(H,36,38). The van der Waals surface area contributed by atoms with Gasteiger partial charge in [0.2, 0.25) is 0 Å². The molecule has 0 aliphatic carbocycles. The Morgan fingerprint density at radius 1 is 0.897 bits per heavy atom. The molecule has 202 valence electrons. The zero-order valence-corrected chi connectivity index (χ0v) is 21.9. The number of pyridine rings is 1. The summed E-state index contributed by atoms with van der Waals surface area (Å²) in [6.07, 6.45) is -3.15. The molecule has 0 fully saturated rings. The number of amides is 1. The number of aromatic nitrogens is 1. The van der Waals surface area contributed by atoms with Crippen LogP contribution in [0.5, 0.6) is 5.75 Å². The molecule has 0 unspecified atom stereocenters. The van der Waals surface area contributed by atoms with E-state index in [0.29, 0.717) is 24.3 Å². The highest BCUT2D eigenvalue weighted by Gasteiger charge is 2.35. The first-order valence-electron chi connectivity index (χ1n) is 12.6. The van der Waals surface area contributed by atoms with Crippen LogP contribution in [-0.2, 0) is 6.18 Å².